The third-order valence-corrected chi connectivity index (χ3v) is 6.41. The lowest BCUT2D eigenvalue weighted by atomic mass is 10.1. The van der Waals surface area contributed by atoms with Gasteiger partial charge in [-0.2, -0.15) is 11.8 Å². The van der Waals surface area contributed by atoms with E-state index < -0.39 is 0 Å². The van der Waals surface area contributed by atoms with E-state index in [0.717, 1.165) is 55.7 Å². The zero-order chi connectivity index (χ0) is 17.8. The molecule has 3 aliphatic rings. The average molecular weight is 375 g/mol. The Kier molecular flexibility index (Phi) is 5.70. The lowest BCUT2D eigenvalue weighted by Crippen LogP contribution is -2.41. The third-order valence-electron chi connectivity index (χ3n) is 5.36. The van der Waals surface area contributed by atoms with Crippen molar-refractivity contribution in [3.05, 3.63) is 29.8 Å². The van der Waals surface area contributed by atoms with Crippen LogP contribution in [-0.2, 0) is 4.79 Å². The molecule has 2 fully saturated rings. The number of rotatable bonds is 3. The normalized spacial score (nSPS) is 21.9. The number of nitrogens with zero attached hydrogens (tertiary/aromatic N) is 2. The van der Waals surface area contributed by atoms with Crippen LogP contribution < -0.4 is 9.47 Å². The van der Waals surface area contributed by atoms with Crippen molar-refractivity contribution in [2.45, 2.75) is 25.3 Å². The van der Waals surface area contributed by atoms with Gasteiger partial charge < -0.3 is 14.4 Å². The quantitative estimate of drug-likeness (QED) is 0.761. The van der Waals surface area contributed by atoms with Gasteiger partial charge in [0.15, 0.2) is 11.5 Å². The number of fused-ring (bicyclic) bond motifs is 1. The summed E-state index contributed by atoms with van der Waals surface area (Å²) >= 11 is 2.07. The molecule has 0 unspecified atom stereocenters. The molecule has 140 valence electrons. The van der Waals surface area contributed by atoms with Gasteiger partial charge in [0.2, 0.25) is 12.7 Å². The zero-order valence-corrected chi connectivity index (χ0v) is 15.9. The van der Waals surface area contributed by atoms with Gasteiger partial charge in [0.1, 0.15) is 0 Å². The minimum absolute atomic E-state index is 0.101. The fourth-order valence-corrected chi connectivity index (χ4v) is 4.94. The Labute approximate surface area is 159 Å². The monoisotopic (exact) mass is 374 g/mol. The highest BCUT2D eigenvalue weighted by molar-refractivity contribution is 7.99. The molecule has 5 nitrogen and oxygen atoms in total. The maximum absolute atomic E-state index is 12.6. The lowest BCUT2D eigenvalue weighted by molar-refractivity contribution is -0.125. The number of amides is 1. The van der Waals surface area contributed by atoms with Crippen LogP contribution >= 0.6 is 11.8 Å². The van der Waals surface area contributed by atoms with Crippen molar-refractivity contribution in [3.63, 3.8) is 0 Å². The van der Waals surface area contributed by atoms with Crippen molar-refractivity contribution in [2.24, 2.45) is 0 Å². The highest BCUT2D eigenvalue weighted by atomic mass is 32.2. The molecule has 0 atom stereocenters. The molecule has 0 aliphatic carbocycles. The van der Waals surface area contributed by atoms with Crippen molar-refractivity contribution in [1.82, 2.24) is 9.80 Å². The Hall–Kier alpha value is -1.66. The molecule has 0 spiro atoms. The molecular formula is C20H26N2O3S. The molecule has 0 bridgehead atoms. The Morgan fingerprint density at radius 2 is 1.92 bits per heavy atom. The van der Waals surface area contributed by atoms with Gasteiger partial charge in [-0.25, -0.2) is 0 Å². The fraction of sp³-hybridized carbons (Fsp3) is 0.550. The first-order valence-electron chi connectivity index (χ1n) is 9.48. The summed E-state index contributed by atoms with van der Waals surface area (Å²) in [6, 6.07) is 6.47. The molecule has 3 aliphatic heterocycles. The topological polar surface area (TPSA) is 42.0 Å². The van der Waals surface area contributed by atoms with Gasteiger partial charge in [-0.05, 0) is 54.5 Å². The second-order valence-electron chi connectivity index (χ2n) is 7.00. The maximum atomic E-state index is 12.6. The van der Waals surface area contributed by atoms with Crippen molar-refractivity contribution in [2.75, 3.05) is 44.5 Å². The molecule has 6 heteroatoms. The Morgan fingerprint density at radius 1 is 1.08 bits per heavy atom. The second kappa shape index (κ2) is 8.35. The van der Waals surface area contributed by atoms with Crippen molar-refractivity contribution in [1.29, 1.82) is 0 Å². The van der Waals surface area contributed by atoms with Crippen LogP contribution in [0.4, 0.5) is 0 Å². The number of hydrogen-bond donors (Lipinski definition) is 0. The number of thioether (sulfide) groups is 1. The Bertz CT molecular complexity index is 673. The van der Waals surface area contributed by atoms with Crippen molar-refractivity contribution in [3.8, 4) is 11.5 Å². The van der Waals surface area contributed by atoms with Crippen LogP contribution in [0.5, 0.6) is 11.5 Å². The lowest BCUT2D eigenvalue weighted by Gasteiger charge is -2.33. The van der Waals surface area contributed by atoms with Crippen molar-refractivity contribution >= 4 is 23.7 Å². The smallest absolute Gasteiger partial charge is 0.246 e. The molecule has 0 radical (unpaired) electrons. The third kappa shape index (κ3) is 4.18. The summed E-state index contributed by atoms with van der Waals surface area (Å²) in [5, 5.41) is 0. The summed E-state index contributed by atoms with van der Waals surface area (Å²) in [6.45, 7) is 4.06. The number of carbonyl (C=O) groups excluding carboxylic acids is 1. The SMILES string of the molecule is O=C(/C=C/c1ccc2c(c1)OCO2)N1CCCN(C2CCSCC2)CC1. The van der Waals surface area contributed by atoms with Crippen LogP contribution in [0.1, 0.15) is 24.8 Å². The minimum atomic E-state index is 0.101. The first-order chi connectivity index (χ1) is 12.8. The Balaban J connectivity index is 1.33. The summed E-state index contributed by atoms with van der Waals surface area (Å²) in [7, 11) is 0. The number of benzene rings is 1. The van der Waals surface area contributed by atoms with E-state index in [9.17, 15) is 4.79 Å². The van der Waals surface area contributed by atoms with Gasteiger partial charge in [0.05, 0.1) is 0 Å². The first kappa shape index (κ1) is 17.7. The maximum Gasteiger partial charge on any atom is 0.246 e. The average Bonchev–Trinajstić information content (AvgIpc) is 3.01. The Morgan fingerprint density at radius 3 is 2.81 bits per heavy atom. The van der Waals surface area contributed by atoms with E-state index in [1.807, 2.05) is 29.2 Å². The molecule has 4 rings (SSSR count). The van der Waals surface area contributed by atoms with Crippen LogP contribution in [0.2, 0.25) is 0 Å². The zero-order valence-electron chi connectivity index (χ0n) is 15.1. The summed E-state index contributed by atoms with van der Waals surface area (Å²) < 4.78 is 10.7. The van der Waals surface area contributed by atoms with E-state index in [1.165, 1.54) is 24.3 Å². The predicted molar refractivity (Wildman–Crippen MR) is 105 cm³/mol. The van der Waals surface area contributed by atoms with Gasteiger partial charge in [-0.1, -0.05) is 6.07 Å². The molecular weight excluding hydrogens is 348 g/mol. The van der Waals surface area contributed by atoms with E-state index in [1.54, 1.807) is 6.08 Å². The van der Waals surface area contributed by atoms with E-state index in [-0.39, 0.29) is 12.7 Å². The van der Waals surface area contributed by atoms with E-state index in [0.29, 0.717) is 0 Å². The van der Waals surface area contributed by atoms with Crippen LogP contribution in [0.25, 0.3) is 6.08 Å². The molecule has 1 amide bonds. The number of ether oxygens (including phenoxy) is 2. The largest absolute Gasteiger partial charge is 0.454 e. The molecule has 26 heavy (non-hydrogen) atoms. The van der Waals surface area contributed by atoms with E-state index >= 15 is 0 Å². The summed E-state index contributed by atoms with van der Waals surface area (Å²) in [6.07, 6.45) is 7.20. The van der Waals surface area contributed by atoms with Crippen LogP contribution in [0, 0.1) is 0 Å². The van der Waals surface area contributed by atoms with Gasteiger partial charge in [-0.3, -0.25) is 9.69 Å². The van der Waals surface area contributed by atoms with Gasteiger partial charge >= 0.3 is 0 Å². The van der Waals surface area contributed by atoms with Crippen LogP contribution in [0.3, 0.4) is 0 Å². The van der Waals surface area contributed by atoms with Gasteiger partial charge in [0.25, 0.3) is 0 Å². The predicted octanol–water partition coefficient (Wildman–Crippen LogP) is 2.86. The number of hydrogen-bond acceptors (Lipinski definition) is 5. The highest BCUT2D eigenvalue weighted by Crippen LogP contribution is 2.32. The minimum Gasteiger partial charge on any atom is -0.454 e. The summed E-state index contributed by atoms with van der Waals surface area (Å²) in [5.41, 5.74) is 0.957. The standard InChI is InChI=1S/C20H26N2O3S/c23-20(5-3-16-2-4-18-19(14-16)25-15-24-18)22-9-1-8-21(10-11-22)17-6-12-26-13-7-17/h2-5,14,17H,1,6-13,15H2/b5-3+. The van der Waals surface area contributed by atoms with Crippen molar-refractivity contribution < 1.29 is 14.3 Å². The molecule has 0 saturated carbocycles. The van der Waals surface area contributed by atoms with E-state index in [4.69, 9.17) is 9.47 Å². The second-order valence-corrected chi connectivity index (χ2v) is 8.23. The first-order valence-corrected chi connectivity index (χ1v) is 10.6. The van der Waals surface area contributed by atoms with Gasteiger partial charge in [-0.15, -0.1) is 0 Å². The van der Waals surface area contributed by atoms with Gasteiger partial charge in [0, 0.05) is 38.3 Å². The van der Waals surface area contributed by atoms with Crippen LogP contribution in [-0.4, -0.2) is 66.2 Å². The van der Waals surface area contributed by atoms with E-state index in [2.05, 4.69) is 16.7 Å². The molecule has 0 N–H and O–H groups in total. The van der Waals surface area contributed by atoms with Crippen LogP contribution in [0.15, 0.2) is 24.3 Å². The molecule has 2 saturated heterocycles. The fourth-order valence-electron chi connectivity index (χ4n) is 3.86. The summed E-state index contributed by atoms with van der Waals surface area (Å²) in [5.74, 6) is 4.17. The summed E-state index contributed by atoms with van der Waals surface area (Å²) in [4.78, 5) is 17.2. The molecule has 1 aromatic rings. The molecule has 1 aromatic carbocycles. The number of carbonyl (C=O) groups is 1. The highest BCUT2D eigenvalue weighted by Gasteiger charge is 2.24. The molecule has 3 heterocycles. The molecule has 0 aromatic heterocycles.